The maximum atomic E-state index is 14.4. The number of nitrogens with zero attached hydrogens (tertiary/aromatic N) is 3. The Balaban J connectivity index is 1.92. The predicted molar refractivity (Wildman–Crippen MR) is 97.6 cm³/mol. The number of nitrogens with one attached hydrogen (secondary N) is 2. The summed E-state index contributed by atoms with van der Waals surface area (Å²) in [6.07, 6.45) is 4.60. The van der Waals surface area contributed by atoms with E-state index in [9.17, 15) is 17.6 Å². The van der Waals surface area contributed by atoms with Crippen LogP contribution in [0.25, 0.3) is 5.69 Å². The van der Waals surface area contributed by atoms with Gasteiger partial charge in [-0.2, -0.15) is 5.10 Å². The minimum absolute atomic E-state index is 0.0534. The lowest BCUT2D eigenvalue weighted by Gasteiger charge is -2.12. The molecule has 1 aromatic carbocycles. The molecule has 0 aliphatic rings. The quantitative estimate of drug-likeness (QED) is 0.697. The fourth-order valence-electron chi connectivity index (χ4n) is 2.34. The molecule has 10 heteroatoms. The van der Waals surface area contributed by atoms with Crippen molar-refractivity contribution in [2.24, 2.45) is 0 Å². The van der Waals surface area contributed by atoms with E-state index in [2.05, 4.69) is 20.1 Å². The average Bonchev–Trinajstić information content (AvgIpc) is 3.02. The Morgan fingerprint density at radius 1 is 1.26 bits per heavy atom. The summed E-state index contributed by atoms with van der Waals surface area (Å²) in [7, 11) is -4.10. The number of aromatic nitrogens is 3. The Hall–Kier alpha value is -3.27. The van der Waals surface area contributed by atoms with E-state index in [1.54, 1.807) is 12.4 Å². The fourth-order valence-corrected chi connectivity index (χ4v) is 3.42. The zero-order chi connectivity index (χ0) is 19.6. The topological polar surface area (TPSA) is 106 Å². The molecule has 0 bridgehead atoms. The van der Waals surface area contributed by atoms with Crippen LogP contribution in [0.4, 0.5) is 15.9 Å². The molecule has 3 aromatic rings. The molecule has 3 rings (SSSR count). The molecule has 0 aliphatic heterocycles. The predicted octanol–water partition coefficient (Wildman–Crippen LogP) is 2.47. The molecule has 0 unspecified atom stereocenters. The SMILES string of the molecule is CC(=O)Nc1ncccc1NS(=O)(=O)c1ccc(-n2cc(C)cn2)c(F)c1. The van der Waals surface area contributed by atoms with Gasteiger partial charge in [0.25, 0.3) is 10.0 Å². The molecule has 0 atom stereocenters. The number of carbonyl (C=O) groups is 1. The largest absolute Gasteiger partial charge is 0.309 e. The molecular formula is C17H16FN5O3S. The van der Waals surface area contributed by atoms with Crippen LogP contribution in [0.2, 0.25) is 0 Å². The molecule has 0 saturated heterocycles. The molecule has 0 aliphatic carbocycles. The molecule has 27 heavy (non-hydrogen) atoms. The first-order chi connectivity index (χ1) is 12.8. The Morgan fingerprint density at radius 2 is 2.04 bits per heavy atom. The van der Waals surface area contributed by atoms with Gasteiger partial charge in [0.05, 0.1) is 16.8 Å². The van der Waals surface area contributed by atoms with Crippen molar-refractivity contribution in [2.75, 3.05) is 10.0 Å². The summed E-state index contributed by atoms with van der Waals surface area (Å²) in [6.45, 7) is 3.09. The Kier molecular flexibility index (Phi) is 4.91. The van der Waals surface area contributed by atoms with Gasteiger partial charge in [-0.25, -0.2) is 22.5 Å². The van der Waals surface area contributed by atoms with E-state index in [0.29, 0.717) is 0 Å². The molecule has 140 valence electrons. The van der Waals surface area contributed by atoms with Crippen LogP contribution in [0.5, 0.6) is 0 Å². The van der Waals surface area contributed by atoms with E-state index in [4.69, 9.17) is 0 Å². The minimum Gasteiger partial charge on any atom is -0.309 e. The van der Waals surface area contributed by atoms with E-state index in [1.807, 2.05) is 6.92 Å². The van der Waals surface area contributed by atoms with Crippen LogP contribution >= 0.6 is 0 Å². The van der Waals surface area contributed by atoms with Gasteiger partial charge in [0.1, 0.15) is 11.5 Å². The standard InChI is InChI=1S/C17H16FN5O3S/c1-11-9-20-23(10-11)16-6-5-13(8-14(16)18)27(25,26)22-15-4-3-7-19-17(15)21-12(2)24/h3-10,22H,1-2H3,(H,19,21,24). The van der Waals surface area contributed by atoms with Gasteiger partial charge in [0, 0.05) is 19.3 Å². The van der Waals surface area contributed by atoms with Gasteiger partial charge in [-0.15, -0.1) is 0 Å². The van der Waals surface area contributed by atoms with Gasteiger partial charge in [0.15, 0.2) is 5.82 Å². The molecule has 2 heterocycles. The fraction of sp³-hybridized carbons (Fsp3) is 0.118. The molecule has 1 amide bonds. The molecule has 2 aromatic heterocycles. The van der Waals surface area contributed by atoms with Crippen molar-refractivity contribution in [1.29, 1.82) is 0 Å². The van der Waals surface area contributed by atoms with E-state index in [0.717, 1.165) is 11.6 Å². The van der Waals surface area contributed by atoms with Crippen LogP contribution in [0.15, 0.2) is 53.8 Å². The number of rotatable bonds is 5. The highest BCUT2D eigenvalue weighted by molar-refractivity contribution is 7.92. The van der Waals surface area contributed by atoms with Crippen molar-refractivity contribution in [2.45, 2.75) is 18.7 Å². The van der Waals surface area contributed by atoms with Crippen molar-refractivity contribution in [3.8, 4) is 5.69 Å². The van der Waals surface area contributed by atoms with Crippen LogP contribution < -0.4 is 10.0 Å². The van der Waals surface area contributed by atoms with Gasteiger partial charge in [0.2, 0.25) is 5.91 Å². The first-order valence-electron chi connectivity index (χ1n) is 7.83. The molecule has 0 spiro atoms. The van der Waals surface area contributed by atoms with E-state index >= 15 is 0 Å². The molecule has 0 fully saturated rings. The van der Waals surface area contributed by atoms with Crippen LogP contribution in [-0.2, 0) is 14.8 Å². The molecule has 2 N–H and O–H groups in total. The normalized spacial score (nSPS) is 11.2. The number of pyridine rings is 1. The number of amides is 1. The van der Waals surface area contributed by atoms with Gasteiger partial charge in [-0.05, 0) is 42.8 Å². The first-order valence-corrected chi connectivity index (χ1v) is 9.31. The third-order valence-corrected chi connectivity index (χ3v) is 4.90. The van der Waals surface area contributed by atoms with E-state index in [-0.39, 0.29) is 22.1 Å². The second-order valence-electron chi connectivity index (χ2n) is 5.76. The van der Waals surface area contributed by atoms with Crippen molar-refractivity contribution in [3.05, 3.63) is 60.3 Å². The van der Waals surface area contributed by atoms with Gasteiger partial charge < -0.3 is 5.32 Å². The minimum atomic E-state index is -4.10. The van der Waals surface area contributed by atoms with Crippen LogP contribution in [0.1, 0.15) is 12.5 Å². The maximum absolute atomic E-state index is 14.4. The summed E-state index contributed by atoms with van der Waals surface area (Å²) in [5, 5.41) is 6.44. The van der Waals surface area contributed by atoms with Crippen molar-refractivity contribution in [1.82, 2.24) is 14.8 Å². The molecule has 0 radical (unpaired) electrons. The number of anilines is 2. The molecule has 0 saturated carbocycles. The van der Waals surface area contributed by atoms with Crippen LogP contribution in [-0.4, -0.2) is 29.1 Å². The van der Waals surface area contributed by atoms with Gasteiger partial charge >= 0.3 is 0 Å². The lowest BCUT2D eigenvalue weighted by Crippen LogP contribution is -2.17. The number of benzene rings is 1. The summed E-state index contributed by atoms with van der Waals surface area (Å²) in [4.78, 5) is 14.9. The number of carbonyl (C=O) groups excluding carboxylic acids is 1. The van der Waals surface area contributed by atoms with Crippen molar-refractivity contribution in [3.63, 3.8) is 0 Å². The summed E-state index contributed by atoms with van der Waals surface area (Å²) in [6, 6.07) is 6.45. The number of aryl methyl sites for hydroxylation is 1. The average molecular weight is 389 g/mol. The zero-order valence-electron chi connectivity index (χ0n) is 14.5. The highest BCUT2D eigenvalue weighted by Crippen LogP contribution is 2.24. The maximum Gasteiger partial charge on any atom is 0.262 e. The van der Waals surface area contributed by atoms with E-state index in [1.165, 1.54) is 42.1 Å². The third kappa shape index (κ3) is 4.11. The monoisotopic (exact) mass is 389 g/mol. The van der Waals surface area contributed by atoms with Crippen LogP contribution in [0, 0.1) is 12.7 Å². The second kappa shape index (κ2) is 7.16. The smallest absolute Gasteiger partial charge is 0.262 e. The highest BCUT2D eigenvalue weighted by Gasteiger charge is 2.19. The summed E-state index contributed by atoms with van der Waals surface area (Å²) >= 11 is 0. The van der Waals surface area contributed by atoms with Gasteiger partial charge in [-0.3, -0.25) is 9.52 Å². The first kappa shape index (κ1) is 18.5. The van der Waals surface area contributed by atoms with Crippen LogP contribution in [0.3, 0.4) is 0 Å². The Labute approximate surface area is 155 Å². The Bertz CT molecular complexity index is 1110. The Morgan fingerprint density at radius 3 is 2.67 bits per heavy atom. The molecule has 8 nitrogen and oxygen atoms in total. The zero-order valence-corrected chi connectivity index (χ0v) is 15.3. The van der Waals surface area contributed by atoms with Gasteiger partial charge in [-0.1, -0.05) is 0 Å². The number of hydrogen-bond donors (Lipinski definition) is 2. The van der Waals surface area contributed by atoms with Crippen molar-refractivity contribution >= 4 is 27.4 Å². The summed E-state index contributed by atoms with van der Waals surface area (Å²) < 4.78 is 43.3. The number of hydrogen-bond acceptors (Lipinski definition) is 5. The summed E-state index contributed by atoms with van der Waals surface area (Å²) in [5.41, 5.74) is 1.04. The summed E-state index contributed by atoms with van der Waals surface area (Å²) in [5.74, 6) is -1.09. The van der Waals surface area contributed by atoms with E-state index < -0.39 is 21.7 Å². The second-order valence-corrected chi connectivity index (χ2v) is 7.44. The highest BCUT2D eigenvalue weighted by atomic mass is 32.2. The third-order valence-electron chi connectivity index (χ3n) is 3.53. The number of halogens is 1. The lowest BCUT2D eigenvalue weighted by atomic mass is 10.3. The number of sulfonamides is 1. The van der Waals surface area contributed by atoms with Crippen molar-refractivity contribution < 1.29 is 17.6 Å². The lowest BCUT2D eigenvalue weighted by molar-refractivity contribution is -0.114. The molecular weight excluding hydrogens is 373 g/mol.